The first-order chi connectivity index (χ1) is 14.9. The number of ether oxygens (including phenoxy) is 4. The van der Waals surface area contributed by atoms with E-state index in [9.17, 15) is 14.4 Å². The molecule has 1 atom stereocenters. The van der Waals surface area contributed by atoms with Crippen molar-refractivity contribution in [1.29, 1.82) is 0 Å². The molecule has 1 N–H and O–H groups in total. The summed E-state index contributed by atoms with van der Waals surface area (Å²) in [6.07, 6.45) is -1.34. The van der Waals surface area contributed by atoms with Gasteiger partial charge in [-0.25, -0.2) is 0 Å². The molecule has 0 radical (unpaired) electrons. The van der Waals surface area contributed by atoms with Crippen LogP contribution in [0, 0.1) is 0 Å². The van der Waals surface area contributed by atoms with Gasteiger partial charge in [-0.3, -0.25) is 0 Å². The van der Waals surface area contributed by atoms with Gasteiger partial charge in [-0.05, 0) is 0 Å². The molecule has 1 aromatic rings. The number of benzene rings is 1. The monoisotopic (exact) mass is 573 g/mol. The third-order valence-corrected chi connectivity index (χ3v) is 10.2. The molecular formula is C24H39NO7Sn. The average molecular weight is 572 g/mol. The van der Waals surface area contributed by atoms with Gasteiger partial charge in [-0.1, -0.05) is 0 Å². The Morgan fingerprint density at radius 1 is 0.970 bits per heavy atom. The van der Waals surface area contributed by atoms with Gasteiger partial charge in [-0.15, -0.1) is 0 Å². The van der Waals surface area contributed by atoms with Crippen molar-refractivity contribution in [1.82, 2.24) is 5.32 Å². The molecule has 0 spiro atoms. The minimum absolute atomic E-state index is 0.174. The average Bonchev–Trinajstić information content (AvgIpc) is 2.57. The van der Waals surface area contributed by atoms with E-state index in [4.69, 9.17) is 18.9 Å². The Kier molecular flexibility index (Phi) is 10.1. The number of carbonyl (C=O) groups is 3. The number of hydrogen-bond donors (Lipinski definition) is 1. The standard InChI is InChI=1S/C21H30NO7.3CH3.Sn/c1-8-26-17(23)16(22-18(24)28-20(2,3)4)13-14-10-9-11-15(12-14)27-19(25)29-21(5,6)7;;;;/h9,11-12,16H,8,13H2,1-7H3,(H,22,24);3*1H3;. The van der Waals surface area contributed by atoms with Crippen molar-refractivity contribution in [3.63, 3.8) is 0 Å². The number of alkyl carbamates (subject to hydrolysis) is 1. The van der Waals surface area contributed by atoms with Crippen molar-refractivity contribution in [2.75, 3.05) is 6.61 Å². The summed E-state index contributed by atoms with van der Waals surface area (Å²) in [4.78, 5) is 43.9. The Hall–Kier alpha value is -1.97. The number of esters is 1. The summed E-state index contributed by atoms with van der Waals surface area (Å²) >= 11 is -2.65. The molecule has 0 fully saturated rings. The third-order valence-electron chi connectivity index (χ3n) is 4.16. The number of hydrogen-bond acceptors (Lipinski definition) is 7. The molecule has 186 valence electrons. The molecule has 0 bridgehead atoms. The molecule has 1 amide bonds. The molecule has 1 rings (SSSR count). The summed E-state index contributed by atoms with van der Waals surface area (Å²) in [6, 6.07) is 4.43. The summed E-state index contributed by atoms with van der Waals surface area (Å²) in [6.45, 7) is 12.4. The van der Waals surface area contributed by atoms with E-state index in [0.717, 1.165) is 9.14 Å². The van der Waals surface area contributed by atoms with E-state index in [1.54, 1.807) is 60.6 Å². The number of nitrogens with one attached hydrogen (secondary N) is 1. The molecule has 33 heavy (non-hydrogen) atoms. The van der Waals surface area contributed by atoms with Crippen LogP contribution < -0.4 is 13.6 Å². The number of rotatable bonds is 7. The van der Waals surface area contributed by atoms with Crippen LogP contribution in [-0.4, -0.2) is 60.4 Å². The molecule has 0 saturated heterocycles. The van der Waals surface area contributed by atoms with Crippen LogP contribution in [0.3, 0.4) is 0 Å². The molecule has 0 aliphatic rings. The van der Waals surface area contributed by atoms with E-state index in [-0.39, 0.29) is 13.0 Å². The second-order valence-corrected chi connectivity index (χ2v) is 25.2. The zero-order valence-corrected chi connectivity index (χ0v) is 24.4. The quantitative estimate of drug-likeness (QED) is 0.222. The second-order valence-electron chi connectivity index (χ2n) is 10.8. The Bertz CT molecular complexity index is 848. The molecule has 0 heterocycles. The van der Waals surface area contributed by atoms with Gasteiger partial charge in [0, 0.05) is 0 Å². The van der Waals surface area contributed by atoms with Crippen molar-refractivity contribution < 1.29 is 33.3 Å². The molecule has 0 saturated carbocycles. The summed E-state index contributed by atoms with van der Waals surface area (Å²) in [5.74, 6) is -0.254. The van der Waals surface area contributed by atoms with Gasteiger partial charge in [0.25, 0.3) is 0 Å². The number of amides is 1. The van der Waals surface area contributed by atoms with Crippen LogP contribution in [0.25, 0.3) is 0 Å². The fraction of sp³-hybridized carbons (Fsp3) is 0.625. The van der Waals surface area contributed by atoms with E-state index in [1.807, 2.05) is 6.07 Å². The Morgan fingerprint density at radius 3 is 2.03 bits per heavy atom. The SMILES string of the molecule is CCOC(=O)C(Cc1cc(OC(=O)OC(C)(C)C)cc[c]1[Sn]([CH3])([CH3])[CH3])NC(=O)OC(C)(C)C. The fourth-order valence-corrected chi connectivity index (χ4v) is 7.92. The van der Waals surface area contributed by atoms with Crippen LogP contribution >= 0.6 is 0 Å². The molecule has 1 unspecified atom stereocenters. The van der Waals surface area contributed by atoms with E-state index in [1.165, 1.54) is 0 Å². The van der Waals surface area contributed by atoms with E-state index < -0.39 is 53.8 Å². The van der Waals surface area contributed by atoms with Crippen LogP contribution in [-0.2, 0) is 25.4 Å². The van der Waals surface area contributed by atoms with E-state index in [0.29, 0.717) is 5.75 Å². The maximum absolute atomic E-state index is 12.6. The van der Waals surface area contributed by atoms with Gasteiger partial charge in [0.15, 0.2) is 0 Å². The predicted molar refractivity (Wildman–Crippen MR) is 130 cm³/mol. The Balaban J connectivity index is 3.27. The topological polar surface area (TPSA) is 100 Å². The van der Waals surface area contributed by atoms with Crippen molar-refractivity contribution >= 4 is 40.2 Å². The van der Waals surface area contributed by atoms with E-state index >= 15 is 0 Å². The summed E-state index contributed by atoms with van der Waals surface area (Å²) in [5.41, 5.74) is -0.584. The number of carbonyl (C=O) groups excluding carboxylic acids is 3. The van der Waals surface area contributed by atoms with Gasteiger partial charge in [0.2, 0.25) is 0 Å². The molecule has 1 aromatic carbocycles. The molecule has 8 nitrogen and oxygen atoms in total. The van der Waals surface area contributed by atoms with Crippen molar-refractivity contribution in [3.8, 4) is 5.75 Å². The zero-order valence-electron chi connectivity index (χ0n) is 21.6. The van der Waals surface area contributed by atoms with Gasteiger partial charge in [0.1, 0.15) is 0 Å². The van der Waals surface area contributed by atoms with Crippen molar-refractivity contribution in [3.05, 3.63) is 23.8 Å². The van der Waals surface area contributed by atoms with Crippen LogP contribution in [0.1, 0.15) is 54.0 Å². The van der Waals surface area contributed by atoms with Gasteiger partial charge in [0.05, 0.1) is 0 Å². The molecule has 0 aromatic heterocycles. The first kappa shape index (κ1) is 29.1. The second kappa shape index (κ2) is 11.4. The Labute approximate surface area is 201 Å². The van der Waals surface area contributed by atoms with Crippen LogP contribution in [0.15, 0.2) is 18.2 Å². The fourth-order valence-electron chi connectivity index (χ4n) is 3.01. The normalized spacial score (nSPS) is 13.0. The molecule has 0 aliphatic heterocycles. The zero-order chi connectivity index (χ0) is 25.6. The summed E-state index contributed by atoms with van der Waals surface area (Å²) < 4.78 is 22.3. The van der Waals surface area contributed by atoms with E-state index in [2.05, 4.69) is 20.1 Å². The first-order valence-electron chi connectivity index (χ1n) is 11.1. The van der Waals surface area contributed by atoms with Crippen LogP contribution in [0.2, 0.25) is 14.8 Å². The summed E-state index contributed by atoms with van der Waals surface area (Å²) in [7, 11) is 0. The summed E-state index contributed by atoms with van der Waals surface area (Å²) in [5, 5.41) is 2.63. The predicted octanol–water partition coefficient (Wildman–Crippen LogP) is 4.54. The molecule has 0 aliphatic carbocycles. The first-order valence-corrected chi connectivity index (χ1v) is 21.1. The Morgan fingerprint density at radius 2 is 1.55 bits per heavy atom. The molecule has 9 heteroatoms. The third kappa shape index (κ3) is 11.1. The van der Waals surface area contributed by atoms with Crippen molar-refractivity contribution in [2.45, 2.75) is 86.9 Å². The van der Waals surface area contributed by atoms with Crippen LogP contribution in [0.5, 0.6) is 5.75 Å². The van der Waals surface area contributed by atoms with Gasteiger partial charge >= 0.3 is 202 Å². The minimum atomic E-state index is -2.65. The van der Waals surface area contributed by atoms with Gasteiger partial charge in [-0.2, -0.15) is 0 Å². The van der Waals surface area contributed by atoms with Gasteiger partial charge < -0.3 is 0 Å². The van der Waals surface area contributed by atoms with Crippen LogP contribution in [0.4, 0.5) is 9.59 Å². The molecular weight excluding hydrogens is 533 g/mol. The van der Waals surface area contributed by atoms with Crippen molar-refractivity contribution in [2.24, 2.45) is 0 Å². The maximum atomic E-state index is 12.6.